The van der Waals surface area contributed by atoms with Gasteiger partial charge in [-0.3, -0.25) is 9.63 Å². The number of carbonyl (C=O) groups is 2. The van der Waals surface area contributed by atoms with Crippen LogP contribution >= 0.6 is 0 Å². The number of hydroxylamine groups is 2. The van der Waals surface area contributed by atoms with E-state index in [-0.39, 0.29) is 29.2 Å². The average molecular weight is 483 g/mol. The lowest BCUT2D eigenvalue weighted by Gasteiger charge is -2.34. The molecule has 2 amide bonds. The van der Waals surface area contributed by atoms with Gasteiger partial charge in [-0.2, -0.15) is 0 Å². The first kappa shape index (κ1) is 23.8. The molecule has 9 heteroatoms. The normalized spacial score (nSPS) is 24.6. The molecule has 3 atom stereocenters. The predicted octanol–water partition coefficient (Wildman–Crippen LogP) is 4.10. The molecule has 1 aromatic heterocycles. The molecule has 2 heterocycles. The summed E-state index contributed by atoms with van der Waals surface area (Å²) in [7, 11) is 1.69. The van der Waals surface area contributed by atoms with E-state index in [1.54, 1.807) is 12.1 Å². The number of ether oxygens (including phenoxy) is 1. The van der Waals surface area contributed by atoms with Crippen molar-refractivity contribution in [2.75, 3.05) is 13.6 Å². The van der Waals surface area contributed by atoms with E-state index in [0.29, 0.717) is 31.4 Å². The number of carbonyl (C=O) groups excluding carboxylic acids is 2. The van der Waals surface area contributed by atoms with Crippen molar-refractivity contribution in [3.63, 3.8) is 0 Å². The molecule has 1 aliphatic heterocycles. The molecule has 1 spiro atoms. The average Bonchev–Trinajstić information content (AvgIpc) is 3.30. The Kier molecular flexibility index (Phi) is 6.07. The van der Waals surface area contributed by atoms with Crippen LogP contribution in [0.5, 0.6) is 0 Å². The molecule has 188 valence electrons. The largest absolute Gasteiger partial charge is 0.444 e. The second-order valence-electron chi connectivity index (χ2n) is 11.1. The van der Waals surface area contributed by atoms with Crippen LogP contribution in [0.1, 0.15) is 69.7 Å². The van der Waals surface area contributed by atoms with Crippen molar-refractivity contribution in [1.82, 2.24) is 20.2 Å². The lowest BCUT2D eigenvalue weighted by atomic mass is 9.72. The summed E-state index contributed by atoms with van der Waals surface area (Å²) in [5.74, 6) is 0.693. The van der Waals surface area contributed by atoms with Crippen LogP contribution in [0.3, 0.4) is 0 Å². The third-order valence-electron chi connectivity index (χ3n) is 7.38. The van der Waals surface area contributed by atoms with Crippen LogP contribution in [0, 0.1) is 11.3 Å². The van der Waals surface area contributed by atoms with E-state index in [0.717, 1.165) is 31.2 Å². The van der Waals surface area contributed by atoms with Gasteiger partial charge >= 0.3 is 6.09 Å². The minimum atomic E-state index is -0.548. The number of fused-ring (bicyclic) bond motifs is 3. The maximum Gasteiger partial charge on any atom is 0.410 e. The maximum atomic E-state index is 13.4. The quantitative estimate of drug-likeness (QED) is 0.586. The zero-order valence-electron chi connectivity index (χ0n) is 20.9. The van der Waals surface area contributed by atoms with Crippen LogP contribution in [-0.2, 0) is 27.4 Å². The molecule has 5 rings (SSSR count). The second-order valence-corrected chi connectivity index (χ2v) is 11.1. The van der Waals surface area contributed by atoms with Crippen molar-refractivity contribution in [2.45, 2.75) is 77.0 Å². The van der Waals surface area contributed by atoms with Crippen molar-refractivity contribution in [1.29, 1.82) is 0 Å². The van der Waals surface area contributed by atoms with E-state index < -0.39 is 11.7 Å². The number of hydrogen-bond donors (Lipinski definition) is 0. The highest BCUT2D eigenvalue weighted by Gasteiger charge is 2.65. The molecule has 3 fully saturated rings. The van der Waals surface area contributed by atoms with Crippen LogP contribution in [0.25, 0.3) is 0 Å². The fraction of sp³-hybridized carbons (Fsp3) is 0.615. The number of likely N-dealkylation sites (N-methyl/N-ethyl adjacent to an activating group) is 1. The van der Waals surface area contributed by atoms with Gasteiger partial charge in [0.05, 0.1) is 12.0 Å². The van der Waals surface area contributed by atoms with Gasteiger partial charge in [0, 0.05) is 25.9 Å². The molecule has 2 bridgehead atoms. The molecule has 2 saturated carbocycles. The van der Waals surface area contributed by atoms with Crippen molar-refractivity contribution in [3.8, 4) is 0 Å². The Labute approximate surface area is 205 Å². The SMILES string of the molecule is CN(CCc1nnc([C@@H]2CC3(CC3)[C@H]3CC2C(=O)N3OCc2ccccc2)o1)C(=O)OC(C)(C)C. The zero-order valence-corrected chi connectivity index (χ0v) is 20.9. The monoisotopic (exact) mass is 482 g/mol. The molecule has 1 aromatic carbocycles. The third kappa shape index (κ3) is 4.91. The van der Waals surface area contributed by atoms with Crippen molar-refractivity contribution in [2.24, 2.45) is 11.3 Å². The van der Waals surface area contributed by atoms with E-state index in [2.05, 4.69) is 10.2 Å². The number of rotatable bonds is 7. The zero-order chi connectivity index (χ0) is 24.8. The lowest BCUT2D eigenvalue weighted by Crippen LogP contribution is -2.39. The Morgan fingerprint density at radius 2 is 1.94 bits per heavy atom. The van der Waals surface area contributed by atoms with Gasteiger partial charge in [-0.1, -0.05) is 30.3 Å². The van der Waals surface area contributed by atoms with Gasteiger partial charge < -0.3 is 14.1 Å². The molecular formula is C26H34N4O5. The fourth-order valence-electron chi connectivity index (χ4n) is 5.35. The van der Waals surface area contributed by atoms with Gasteiger partial charge in [0.15, 0.2) is 0 Å². The lowest BCUT2D eigenvalue weighted by molar-refractivity contribution is -0.201. The molecule has 9 nitrogen and oxygen atoms in total. The Bertz CT molecular complexity index is 1070. The second kappa shape index (κ2) is 8.93. The number of nitrogens with zero attached hydrogens (tertiary/aromatic N) is 4. The minimum absolute atomic E-state index is 0.0177. The van der Waals surface area contributed by atoms with Gasteiger partial charge in [0.1, 0.15) is 12.2 Å². The Balaban J connectivity index is 1.23. The highest BCUT2D eigenvalue weighted by atomic mass is 16.7. The molecule has 0 radical (unpaired) electrons. The van der Waals surface area contributed by atoms with Gasteiger partial charge in [-0.05, 0) is 57.4 Å². The first-order valence-corrected chi connectivity index (χ1v) is 12.4. The summed E-state index contributed by atoms with van der Waals surface area (Å²) >= 11 is 0. The molecule has 2 aliphatic carbocycles. The fourth-order valence-corrected chi connectivity index (χ4v) is 5.35. The smallest absolute Gasteiger partial charge is 0.410 e. The third-order valence-corrected chi connectivity index (χ3v) is 7.38. The Morgan fingerprint density at radius 3 is 2.63 bits per heavy atom. The van der Waals surface area contributed by atoms with Crippen LogP contribution < -0.4 is 0 Å². The molecule has 3 aliphatic rings. The summed E-state index contributed by atoms with van der Waals surface area (Å²) in [5.41, 5.74) is 0.573. The summed E-state index contributed by atoms with van der Waals surface area (Å²) in [6.45, 7) is 6.29. The molecular weight excluding hydrogens is 448 g/mol. The van der Waals surface area contributed by atoms with E-state index >= 15 is 0 Å². The first-order valence-electron chi connectivity index (χ1n) is 12.4. The Hall–Kier alpha value is -2.94. The van der Waals surface area contributed by atoms with E-state index in [9.17, 15) is 9.59 Å². The van der Waals surface area contributed by atoms with Crippen LogP contribution in [0.2, 0.25) is 0 Å². The molecule has 0 N–H and O–H groups in total. The number of amides is 2. The number of hydrogen-bond acceptors (Lipinski definition) is 7. The van der Waals surface area contributed by atoms with Crippen molar-refractivity contribution < 1.29 is 23.6 Å². The van der Waals surface area contributed by atoms with Gasteiger partial charge in [-0.25, -0.2) is 9.86 Å². The molecule has 1 unspecified atom stereocenters. The van der Waals surface area contributed by atoms with Crippen LogP contribution in [-0.4, -0.2) is 57.4 Å². The molecule has 35 heavy (non-hydrogen) atoms. The van der Waals surface area contributed by atoms with Gasteiger partial charge in [0.25, 0.3) is 0 Å². The van der Waals surface area contributed by atoms with Crippen LogP contribution in [0.15, 0.2) is 34.7 Å². The van der Waals surface area contributed by atoms with Gasteiger partial charge in [0.2, 0.25) is 17.7 Å². The highest BCUT2D eigenvalue weighted by Crippen LogP contribution is 2.65. The van der Waals surface area contributed by atoms with E-state index in [4.69, 9.17) is 14.0 Å². The molecule has 1 saturated heterocycles. The number of aromatic nitrogens is 2. The maximum absolute atomic E-state index is 13.4. The summed E-state index contributed by atoms with van der Waals surface area (Å²) in [6.07, 6.45) is 3.82. The van der Waals surface area contributed by atoms with Crippen molar-refractivity contribution in [3.05, 3.63) is 47.7 Å². The molecule has 2 aromatic rings. The number of benzene rings is 1. The summed E-state index contributed by atoms with van der Waals surface area (Å²) in [6, 6.07) is 10.0. The first-order chi connectivity index (χ1) is 16.7. The van der Waals surface area contributed by atoms with E-state index in [1.165, 1.54) is 4.90 Å². The highest BCUT2D eigenvalue weighted by molar-refractivity contribution is 5.82. The summed E-state index contributed by atoms with van der Waals surface area (Å²) in [5, 5.41) is 10.2. The summed E-state index contributed by atoms with van der Waals surface area (Å²) in [4.78, 5) is 33.1. The summed E-state index contributed by atoms with van der Waals surface area (Å²) < 4.78 is 11.4. The minimum Gasteiger partial charge on any atom is -0.444 e. The van der Waals surface area contributed by atoms with Gasteiger partial charge in [-0.15, -0.1) is 10.2 Å². The predicted molar refractivity (Wildman–Crippen MR) is 126 cm³/mol. The Morgan fingerprint density at radius 1 is 1.20 bits per heavy atom. The standard InChI is InChI=1S/C26H34N4O5/c1-25(2,3)35-24(32)29(4)13-10-21-27-28-22(34-21)19-15-26(11-12-26)20-14-18(19)23(31)30(20)33-16-17-8-6-5-7-9-17/h5-9,18-20H,10-16H2,1-4H3/t18?,19-,20-/m1/s1. The topological polar surface area (TPSA) is 98.0 Å². The van der Waals surface area contributed by atoms with Crippen LogP contribution in [0.4, 0.5) is 4.79 Å². The van der Waals surface area contributed by atoms with E-state index in [1.807, 2.05) is 51.1 Å². The van der Waals surface area contributed by atoms with Crippen molar-refractivity contribution >= 4 is 12.0 Å².